The summed E-state index contributed by atoms with van der Waals surface area (Å²) in [5, 5.41) is 20.0. The third-order valence-corrected chi connectivity index (χ3v) is 3.63. The zero-order valence-corrected chi connectivity index (χ0v) is 11.9. The van der Waals surface area contributed by atoms with E-state index in [1.165, 1.54) is 0 Å². The topological polar surface area (TPSA) is 71.7 Å². The fourth-order valence-electron chi connectivity index (χ4n) is 2.61. The van der Waals surface area contributed by atoms with Crippen molar-refractivity contribution < 1.29 is 19.7 Å². The molecule has 1 unspecified atom stereocenters. The summed E-state index contributed by atoms with van der Waals surface area (Å²) in [5.74, 6) is -0.199. The fraction of sp³-hybridized carbons (Fsp3) is 0.118. The molecule has 2 aromatic carbocycles. The number of carboxylic acid groups (broad SMARTS) is 1. The molecule has 0 saturated heterocycles. The van der Waals surface area contributed by atoms with Crippen molar-refractivity contribution in [2.75, 3.05) is 7.11 Å². The smallest absolute Gasteiger partial charge is 0.331 e. The number of phenolic OH excluding ortho intramolecular Hbond substituents is 1. The number of phenols is 1. The maximum absolute atomic E-state index is 11.8. The number of carboxylic acids is 1. The molecule has 0 bridgehead atoms. The standard InChI is InChI=1S/C17H15NO4/c1-22-14-4-2-3-12(10-14)16(17(20)21)18-8-7-11-9-13(19)5-6-15(11)18/h2-10,16,19H,1H3,(H,20,21). The van der Waals surface area contributed by atoms with Crippen LogP contribution in [0.25, 0.3) is 10.9 Å². The third kappa shape index (κ3) is 2.37. The van der Waals surface area contributed by atoms with Crippen LogP contribution in [-0.4, -0.2) is 27.9 Å². The van der Waals surface area contributed by atoms with Crippen LogP contribution in [-0.2, 0) is 4.79 Å². The molecule has 0 spiro atoms. The Morgan fingerprint density at radius 3 is 2.73 bits per heavy atom. The highest BCUT2D eigenvalue weighted by atomic mass is 16.5. The van der Waals surface area contributed by atoms with Crippen molar-refractivity contribution in [1.82, 2.24) is 4.57 Å². The fourth-order valence-corrected chi connectivity index (χ4v) is 2.61. The summed E-state index contributed by atoms with van der Waals surface area (Å²) in [4.78, 5) is 11.8. The van der Waals surface area contributed by atoms with Gasteiger partial charge in [-0.15, -0.1) is 0 Å². The molecule has 0 aliphatic heterocycles. The molecule has 1 heterocycles. The second-order valence-electron chi connectivity index (χ2n) is 4.98. The van der Waals surface area contributed by atoms with Gasteiger partial charge in [-0.05, 0) is 42.0 Å². The number of fused-ring (bicyclic) bond motifs is 1. The predicted octanol–water partition coefficient (Wildman–Crippen LogP) is 3.03. The number of methoxy groups -OCH3 is 1. The van der Waals surface area contributed by atoms with Gasteiger partial charge in [-0.25, -0.2) is 4.79 Å². The number of benzene rings is 2. The molecule has 112 valence electrons. The minimum absolute atomic E-state index is 0.151. The molecule has 3 rings (SSSR count). The van der Waals surface area contributed by atoms with Crippen molar-refractivity contribution in [3.8, 4) is 11.5 Å². The molecule has 3 aromatic rings. The maximum atomic E-state index is 11.8. The molecule has 0 aliphatic carbocycles. The molecule has 0 aliphatic rings. The first-order chi connectivity index (χ1) is 10.6. The molecular weight excluding hydrogens is 282 g/mol. The average Bonchev–Trinajstić information content (AvgIpc) is 2.90. The van der Waals surface area contributed by atoms with Gasteiger partial charge in [0.25, 0.3) is 0 Å². The molecule has 1 atom stereocenters. The second-order valence-corrected chi connectivity index (χ2v) is 4.98. The van der Waals surface area contributed by atoms with Crippen molar-refractivity contribution in [3.63, 3.8) is 0 Å². The van der Waals surface area contributed by atoms with Crippen molar-refractivity contribution in [2.24, 2.45) is 0 Å². The van der Waals surface area contributed by atoms with Crippen LogP contribution in [0.15, 0.2) is 54.7 Å². The lowest BCUT2D eigenvalue weighted by Crippen LogP contribution is -2.19. The summed E-state index contributed by atoms with van der Waals surface area (Å²) in [6.45, 7) is 0. The summed E-state index contributed by atoms with van der Waals surface area (Å²) in [7, 11) is 1.54. The number of aromatic nitrogens is 1. The quantitative estimate of drug-likeness (QED) is 0.776. The predicted molar refractivity (Wildman–Crippen MR) is 82.4 cm³/mol. The number of carbonyl (C=O) groups is 1. The normalized spacial score (nSPS) is 12.2. The number of hydrogen-bond acceptors (Lipinski definition) is 3. The molecule has 5 heteroatoms. The van der Waals surface area contributed by atoms with Crippen LogP contribution in [0.4, 0.5) is 0 Å². The van der Waals surface area contributed by atoms with E-state index in [9.17, 15) is 15.0 Å². The van der Waals surface area contributed by atoms with Crippen molar-refractivity contribution in [2.45, 2.75) is 6.04 Å². The Kier molecular flexibility index (Phi) is 3.47. The molecule has 5 nitrogen and oxygen atoms in total. The summed E-state index contributed by atoms with van der Waals surface area (Å²) in [5.41, 5.74) is 1.37. The molecule has 22 heavy (non-hydrogen) atoms. The van der Waals surface area contributed by atoms with Gasteiger partial charge in [0.05, 0.1) is 7.11 Å². The highest BCUT2D eigenvalue weighted by molar-refractivity contribution is 5.85. The van der Waals surface area contributed by atoms with Crippen LogP contribution >= 0.6 is 0 Å². The zero-order valence-electron chi connectivity index (χ0n) is 11.9. The molecule has 0 amide bonds. The van der Waals surface area contributed by atoms with Gasteiger partial charge in [-0.1, -0.05) is 12.1 Å². The third-order valence-electron chi connectivity index (χ3n) is 3.63. The zero-order chi connectivity index (χ0) is 15.7. The van der Waals surface area contributed by atoms with E-state index in [4.69, 9.17) is 4.74 Å². The van der Waals surface area contributed by atoms with Gasteiger partial charge in [0.15, 0.2) is 6.04 Å². The van der Waals surface area contributed by atoms with Crippen LogP contribution in [0, 0.1) is 0 Å². The van der Waals surface area contributed by atoms with Crippen LogP contribution in [0.5, 0.6) is 11.5 Å². The van der Waals surface area contributed by atoms with E-state index in [2.05, 4.69) is 0 Å². The van der Waals surface area contributed by atoms with Gasteiger partial charge in [0.2, 0.25) is 0 Å². The minimum atomic E-state index is -0.959. The Balaban J connectivity index is 2.16. The summed E-state index contributed by atoms with van der Waals surface area (Å²) in [6, 6.07) is 12.8. The van der Waals surface area contributed by atoms with E-state index in [-0.39, 0.29) is 5.75 Å². The van der Waals surface area contributed by atoms with Crippen LogP contribution in [0.2, 0.25) is 0 Å². The summed E-state index contributed by atoms with van der Waals surface area (Å²) in [6.07, 6.45) is 1.71. The lowest BCUT2D eigenvalue weighted by atomic mass is 10.1. The Labute approximate surface area is 127 Å². The SMILES string of the molecule is COc1cccc(C(C(=O)O)n2ccc3cc(O)ccc32)c1. The molecule has 0 fully saturated rings. The van der Waals surface area contributed by atoms with E-state index in [1.807, 2.05) is 0 Å². The maximum Gasteiger partial charge on any atom is 0.331 e. The highest BCUT2D eigenvalue weighted by Gasteiger charge is 2.23. The lowest BCUT2D eigenvalue weighted by Gasteiger charge is -2.17. The number of aromatic hydroxyl groups is 1. The van der Waals surface area contributed by atoms with Gasteiger partial charge < -0.3 is 19.5 Å². The largest absolute Gasteiger partial charge is 0.508 e. The van der Waals surface area contributed by atoms with Crippen LogP contribution in [0.1, 0.15) is 11.6 Å². The Morgan fingerprint density at radius 1 is 1.18 bits per heavy atom. The monoisotopic (exact) mass is 297 g/mol. The summed E-state index contributed by atoms with van der Waals surface area (Å²) < 4.78 is 6.84. The molecular formula is C17H15NO4. The number of nitrogens with zero attached hydrogens (tertiary/aromatic N) is 1. The van der Waals surface area contributed by atoms with Crippen LogP contribution in [0.3, 0.4) is 0 Å². The Morgan fingerprint density at radius 2 is 2.00 bits per heavy atom. The molecule has 1 aromatic heterocycles. The average molecular weight is 297 g/mol. The van der Waals surface area contributed by atoms with E-state index in [1.54, 1.807) is 66.4 Å². The van der Waals surface area contributed by atoms with Gasteiger partial charge in [0.1, 0.15) is 11.5 Å². The van der Waals surface area contributed by atoms with E-state index in [0.29, 0.717) is 11.3 Å². The van der Waals surface area contributed by atoms with E-state index >= 15 is 0 Å². The Hall–Kier alpha value is -2.95. The van der Waals surface area contributed by atoms with E-state index in [0.717, 1.165) is 10.9 Å². The van der Waals surface area contributed by atoms with Gasteiger partial charge in [-0.2, -0.15) is 0 Å². The van der Waals surface area contributed by atoms with Crippen LogP contribution < -0.4 is 4.74 Å². The minimum Gasteiger partial charge on any atom is -0.508 e. The number of rotatable bonds is 4. The van der Waals surface area contributed by atoms with Gasteiger partial charge in [-0.3, -0.25) is 0 Å². The van der Waals surface area contributed by atoms with Crippen molar-refractivity contribution >= 4 is 16.9 Å². The van der Waals surface area contributed by atoms with Gasteiger partial charge >= 0.3 is 5.97 Å². The van der Waals surface area contributed by atoms with E-state index < -0.39 is 12.0 Å². The molecule has 0 saturated carbocycles. The first-order valence-electron chi connectivity index (χ1n) is 6.76. The lowest BCUT2D eigenvalue weighted by molar-refractivity contribution is -0.139. The van der Waals surface area contributed by atoms with Crippen molar-refractivity contribution in [3.05, 3.63) is 60.3 Å². The first-order valence-corrected chi connectivity index (χ1v) is 6.76. The highest BCUT2D eigenvalue weighted by Crippen LogP contribution is 2.29. The molecule has 2 N–H and O–H groups in total. The summed E-state index contributed by atoms with van der Waals surface area (Å²) >= 11 is 0. The molecule has 0 radical (unpaired) electrons. The van der Waals surface area contributed by atoms with Crippen molar-refractivity contribution in [1.29, 1.82) is 0 Å². The number of hydrogen-bond donors (Lipinski definition) is 2. The Bertz CT molecular complexity index is 838. The second kappa shape index (κ2) is 5.44. The van der Waals surface area contributed by atoms with Gasteiger partial charge in [0, 0.05) is 17.1 Å². The first kappa shape index (κ1) is 14.0. The number of aliphatic carboxylic acids is 1. The number of ether oxygens (including phenoxy) is 1.